The van der Waals surface area contributed by atoms with E-state index in [-0.39, 0.29) is 23.3 Å². The van der Waals surface area contributed by atoms with Crippen molar-refractivity contribution in [1.82, 2.24) is 0 Å². The molecule has 0 N–H and O–H groups in total. The van der Waals surface area contributed by atoms with Crippen LogP contribution in [0, 0.1) is 23.3 Å². The Morgan fingerprint density at radius 2 is 0.553 bits per heavy atom. The molecule has 7 rings (SSSR count). The van der Waals surface area contributed by atoms with Crippen LogP contribution in [0.5, 0.6) is 0 Å². The molecule has 7 aromatic rings. The Kier molecular flexibility index (Phi) is 8.01. The van der Waals surface area contributed by atoms with Crippen LogP contribution in [0.2, 0.25) is 0 Å². The van der Waals surface area contributed by atoms with Crippen LogP contribution in [0.3, 0.4) is 0 Å². The average Bonchev–Trinajstić information content (AvgIpc) is 3.10. The lowest BCUT2D eigenvalue weighted by molar-refractivity contribution is 0.619. The maximum Gasteiger partial charge on any atom is 0.123 e. The van der Waals surface area contributed by atoms with E-state index in [0.717, 1.165) is 50.1 Å². The molecule has 0 fully saturated rings. The molecule has 0 amide bonds. The summed E-state index contributed by atoms with van der Waals surface area (Å²) in [6, 6.07) is 49.5. The summed E-state index contributed by atoms with van der Waals surface area (Å²) >= 11 is 0. The Morgan fingerprint density at radius 3 is 0.851 bits per heavy atom. The molecule has 0 saturated heterocycles. The van der Waals surface area contributed by atoms with Crippen molar-refractivity contribution in [2.24, 2.45) is 0 Å². The summed E-state index contributed by atoms with van der Waals surface area (Å²) in [7, 11) is 0. The van der Waals surface area contributed by atoms with Crippen molar-refractivity contribution in [2.45, 2.75) is 5.41 Å². The largest absolute Gasteiger partial charge is 0.207 e. The van der Waals surface area contributed by atoms with Crippen LogP contribution in [-0.2, 0) is 5.41 Å². The fourth-order valence-corrected chi connectivity index (χ4v) is 6.46. The number of rotatable bonds is 7. The van der Waals surface area contributed by atoms with Crippen molar-refractivity contribution in [2.75, 3.05) is 0 Å². The topological polar surface area (TPSA) is 0 Å². The first kappa shape index (κ1) is 29.9. The Labute approximate surface area is 271 Å². The fraction of sp³-hybridized carbons (Fsp3) is 0.0233. The molecule has 4 heteroatoms. The lowest BCUT2D eigenvalue weighted by atomic mass is 9.64. The lowest BCUT2D eigenvalue weighted by Gasteiger charge is -2.37. The van der Waals surface area contributed by atoms with Crippen molar-refractivity contribution in [3.05, 3.63) is 215 Å². The van der Waals surface area contributed by atoms with E-state index in [1.807, 2.05) is 97.1 Å². The van der Waals surface area contributed by atoms with Crippen LogP contribution >= 0.6 is 0 Å². The molecule has 0 saturated carbocycles. The van der Waals surface area contributed by atoms with Crippen molar-refractivity contribution in [3.63, 3.8) is 0 Å². The first-order valence-electron chi connectivity index (χ1n) is 15.3. The van der Waals surface area contributed by atoms with E-state index in [9.17, 15) is 13.2 Å². The fourth-order valence-electron chi connectivity index (χ4n) is 6.46. The van der Waals surface area contributed by atoms with Gasteiger partial charge in [0, 0.05) is 0 Å². The Hall–Kier alpha value is -5.74. The van der Waals surface area contributed by atoms with E-state index in [2.05, 4.69) is 0 Å². The summed E-state index contributed by atoms with van der Waals surface area (Å²) < 4.78 is 57.4. The van der Waals surface area contributed by atoms with Gasteiger partial charge < -0.3 is 0 Å². The molecule has 228 valence electrons. The Bertz CT molecular complexity index is 1950. The highest BCUT2D eigenvalue weighted by atomic mass is 19.1. The third-order valence-corrected chi connectivity index (χ3v) is 8.69. The SMILES string of the molecule is Fc1cccc(-c2ccc(C(c3ccc(-c4cccc(F)c4)cc3)(c3ccc(-c4cccc(F)c4)cc3)c3cccc(F)c3)cc2)c1. The van der Waals surface area contributed by atoms with Gasteiger partial charge in [0.05, 0.1) is 5.41 Å². The average molecular weight is 621 g/mol. The van der Waals surface area contributed by atoms with Gasteiger partial charge in [0.1, 0.15) is 23.3 Å². The van der Waals surface area contributed by atoms with Gasteiger partial charge in [-0.05, 0) is 104 Å². The zero-order valence-electron chi connectivity index (χ0n) is 25.2. The van der Waals surface area contributed by atoms with Gasteiger partial charge in [-0.25, -0.2) is 17.6 Å². The zero-order valence-corrected chi connectivity index (χ0v) is 25.2. The number of hydrogen-bond donors (Lipinski definition) is 0. The van der Waals surface area contributed by atoms with Gasteiger partial charge in [0.25, 0.3) is 0 Å². The normalized spacial score (nSPS) is 11.4. The highest BCUT2D eigenvalue weighted by Gasteiger charge is 2.39. The van der Waals surface area contributed by atoms with Crippen LogP contribution in [0.15, 0.2) is 170 Å². The molecule has 47 heavy (non-hydrogen) atoms. The lowest BCUT2D eigenvalue weighted by Crippen LogP contribution is -2.31. The third kappa shape index (κ3) is 5.86. The first-order valence-corrected chi connectivity index (χ1v) is 15.3. The molecule has 0 radical (unpaired) electrons. The van der Waals surface area contributed by atoms with Crippen LogP contribution in [0.4, 0.5) is 17.6 Å². The van der Waals surface area contributed by atoms with Gasteiger partial charge in [-0.15, -0.1) is 0 Å². The molecule has 0 aromatic heterocycles. The zero-order chi connectivity index (χ0) is 32.4. The number of halogens is 4. The molecule has 0 atom stereocenters. The van der Waals surface area contributed by atoms with Crippen LogP contribution in [0.25, 0.3) is 33.4 Å². The Balaban J connectivity index is 1.45. The minimum Gasteiger partial charge on any atom is -0.207 e. The van der Waals surface area contributed by atoms with E-state index in [1.54, 1.807) is 30.3 Å². The standard InChI is InChI=1S/C43H28F4/c44-39-9-1-5-32(25-39)29-13-19-35(20-14-29)43(38-8-4-12-42(47)28-38,36-21-15-30(16-22-36)33-6-2-10-40(45)26-33)37-23-17-31(18-24-37)34-7-3-11-41(46)27-34/h1-28H. The molecular formula is C43H28F4. The van der Waals surface area contributed by atoms with Crippen molar-refractivity contribution >= 4 is 0 Å². The molecule has 0 aliphatic rings. The molecule has 7 aromatic carbocycles. The van der Waals surface area contributed by atoms with Crippen molar-refractivity contribution in [1.29, 1.82) is 0 Å². The van der Waals surface area contributed by atoms with Crippen LogP contribution in [0.1, 0.15) is 22.3 Å². The van der Waals surface area contributed by atoms with E-state index >= 15 is 4.39 Å². The van der Waals surface area contributed by atoms with E-state index in [1.165, 1.54) is 42.5 Å². The van der Waals surface area contributed by atoms with Gasteiger partial charge in [-0.1, -0.05) is 121 Å². The molecule has 0 heterocycles. The summed E-state index contributed by atoms with van der Waals surface area (Å²) in [5, 5.41) is 0. The van der Waals surface area contributed by atoms with E-state index in [4.69, 9.17) is 0 Å². The molecule has 0 aliphatic heterocycles. The van der Waals surface area contributed by atoms with Crippen LogP contribution < -0.4 is 0 Å². The maximum atomic E-state index is 15.1. The van der Waals surface area contributed by atoms with E-state index in [0.29, 0.717) is 5.56 Å². The van der Waals surface area contributed by atoms with Crippen LogP contribution in [-0.4, -0.2) is 0 Å². The Morgan fingerprint density at radius 1 is 0.255 bits per heavy atom. The van der Waals surface area contributed by atoms with Gasteiger partial charge >= 0.3 is 0 Å². The van der Waals surface area contributed by atoms with Gasteiger partial charge in [-0.3, -0.25) is 0 Å². The quantitative estimate of drug-likeness (QED) is 0.123. The van der Waals surface area contributed by atoms with Gasteiger partial charge in [0.15, 0.2) is 0 Å². The minimum atomic E-state index is -0.997. The smallest absolute Gasteiger partial charge is 0.123 e. The molecule has 0 aliphatic carbocycles. The van der Waals surface area contributed by atoms with E-state index < -0.39 is 5.41 Å². The summed E-state index contributed by atoms with van der Waals surface area (Å²) in [6.45, 7) is 0. The predicted octanol–water partition coefficient (Wildman–Crippen LogP) is 11.6. The van der Waals surface area contributed by atoms with Gasteiger partial charge in [-0.2, -0.15) is 0 Å². The molecular weight excluding hydrogens is 592 g/mol. The molecule has 0 bridgehead atoms. The van der Waals surface area contributed by atoms with Crippen molar-refractivity contribution in [3.8, 4) is 33.4 Å². The van der Waals surface area contributed by atoms with Crippen molar-refractivity contribution < 1.29 is 17.6 Å². The second-order valence-electron chi connectivity index (χ2n) is 11.5. The number of hydrogen-bond acceptors (Lipinski definition) is 0. The summed E-state index contributed by atoms with van der Waals surface area (Å²) in [4.78, 5) is 0. The minimum absolute atomic E-state index is 0.322. The summed E-state index contributed by atoms with van der Waals surface area (Å²) in [5.41, 5.74) is 7.03. The number of benzene rings is 7. The highest BCUT2D eigenvalue weighted by Crippen LogP contribution is 2.46. The summed E-state index contributed by atoms with van der Waals surface area (Å²) in [5.74, 6) is -1.34. The predicted molar refractivity (Wildman–Crippen MR) is 181 cm³/mol. The molecule has 0 spiro atoms. The summed E-state index contributed by atoms with van der Waals surface area (Å²) in [6.07, 6.45) is 0. The molecule has 0 unspecified atom stereocenters. The third-order valence-electron chi connectivity index (χ3n) is 8.69. The second-order valence-corrected chi connectivity index (χ2v) is 11.5. The van der Waals surface area contributed by atoms with Gasteiger partial charge in [0.2, 0.25) is 0 Å². The molecule has 0 nitrogen and oxygen atoms in total. The highest BCUT2D eigenvalue weighted by molar-refractivity contribution is 5.70. The maximum absolute atomic E-state index is 15.1. The first-order chi connectivity index (χ1) is 22.9. The second kappa shape index (κ2) is 12.6. The monoisotopic (exact) mass is 620 g/mol.